The molecule has 2 N–H and O–H groups in total. The van der Waals surface area contributed by atoms with Gasteiger partial charge < -0.3 is 20.1 Å². The van der Waals surface area contributed by atoms with Gasteiger partial charge in [0.05, 0.1) is 25.3 Å². The first-order valence-electron chi connectivity index (χ1n) is 10.8. The van der Waals surface area contributed by atoms with E-state index in [4.69, 9.17) is 9.47 Å². The number of anilines is 1. The molecule has 5 rings (SSSR count). The van der Waals surface area contributed by atoms with Gasteiger partial charge in [0.15, 0.2) is 0 Å². The van der Waals surface area contributed by atoms with E-state index in [0.717, 1.165) is 60.5 Å². The van der Waals surface area contributed by atoms with E-state index in [-0.39, 0.29) is 11.6 Å². The van der Waals surface area contributed by atoms with Crippen LogP contribution in [0.1, 0.15) is 48.0 Å². The number of piperidine rings is 2. The summed E-state index contributed by atoms with van der Waals surface area (Å²) in [4.78, 5) is 15.4. The Morgan fingerprint density at radius 1 is 0.967 bits per heavy atom. The van der Waals surface area contributed by atoms with E-state index in [1.54, 1.807) is 14.2 Å². The number of hydrogen-bond donors (Lipinski definition) is 2. The molecule has 6 heteroatoms. The SMILES string of the molecule is COc1cccc(OC)c1CN1C2CCCC1CC1(C2)NC(=O)c2ccccc2N1. The molecule has 2 aromatic rings. The lowest BCUT2D eigenvalue weighted by Gasteiger charge is -2.55. The van der Waals surface area contributed by atoms with Gasteiger partial charge >= 0.3 is 0 Å². The zero-order valence-corrected chi connectivity index (χ0v) is 17.6. The summed E-state index contributed by atoms with van der Waals surface area (Å²) in [5.74, 6) is 1.76. The normalized spacial score (nSPS) is 27.7. The van der Waals surface area contributed by atoms with E-state index in [2.05, 4.69) is 15.5 Å². The van der Waals surface area contributed by atoms with Crippen LogP contribution >= 0.6 is 0 Å². The van der Waals surface area contributed by atoms with Crippen LogP contribution < -0.4 is 20.1 Å². The van der Waals surface area contributed by atoms with Crippen LogP contribution in [0.25, 0.3) is 0 Å². The number of ether oxygens (including phenoxy) is 2. The van der Waals surface area contributed by atoms with Crippen molar-refractivity contribution in [3.05, 3.63) is 53.6 Å². The summed E-state index contributed by atoms with van der Waals surface area (Å²) in [6.45, 7) is 0.795. The number of amides is 1. The number of fused-ring (bicyclic) bond motifs is 3. The van der Waals surface area contributed by atoms with Crippen molar-refractivity contribution in [2.24, 2.45) is 0 Å². The first kappa shape index (κ1) is 19.2. The molecule has 2 aromatic carbocycles. The molecular formula is C24H29N3O3. The van der Waals surface area contributed by atoms with Crippen LogP contribution in [-0.2, 0) is 6.54 Å². The summed E-state index contributed by atoms with van der Waals surface area (Å²) < 4.78 is 11.3. The Morgan fingerprint density at radius 3 is 2.30 bits per heavy atom. The average Bonchev–Trinajstić information content (AvgIpc) is 2.74. The number of benzene rings is 2. The maximum atomic E-state index is 12.8. The highest BCUT2D eigenvalue weighted by atomic mass is 16.5. The van der Waals surface area contributed by atoms with Gasteiger partial charge in [-0.3, -0.25) is 9.69 Å². The summed E-state index contributed by atoms with van der Waals surface area (Å²) in [5.41, 5.74) is 2.40. The van der Waals surface area contributed by atoms with Crippen molar-refractivity contribution >= 4 is 11.6 Å². The van der Waals surface area contributed by atoms with Crippen LogP contribution in [0.2, 0.25) is 0 Å². The molecular weight excluding hydrogens is 378 g/mol. The minimum atomic E-state index is -0.372. The van der Waals surface area contributed by atoms with Crippen molar-refractivity contribution in [2.75, 3.05) is 19.5 Å². The summed E-state index contributed by atoms with van der Waals surface area (Å²) in [7, 11) is 3.42. The summed E-state index contributed by atoms with van der Waals surface area (Å²) in [5, 5.41) is 7.01. The molecule has 3 aliphatic rings. The number of carbonyl (C=O) groups excluding carboxylic acids is 1. The Balaban J connectivity index is 1.43. The van der Waals surface area contributed by atoms with Gasteiger partial charge in [0.2, 0.25) is 0 Å². The largest absolute Gasteiger partial charge is 0.496 e. The quantitative estimate of drug-likeness (QED) is 0.808. The van der Waals surface area contributed by atoms with E-state index in [1.807, 2.05) is 42.5 Å². The smallest absolute Gasteiger partial charge is 0.255 e. The Kier molecular flexibility index (Phi) is 4.82. The van der Waals surface area contributed by atoms with Crippen molar-refractivity contribution in [1.82, 2.24) is 10.2 Å². The Bertz CT molecular complexity index is 924. The van der Waals surface area contributed by atoms with Gasteiger partial charge in [-0.15, -0.1) is 0 Å². The highest BCUT2D eigenvalue weighted by Crippen LogP contribution is 2.43. The molecule has 0 saturated carbocycles. The van der Waals surface area contributed by atoms with Gasteiger partial charge in [-0.25, -0.2) is 0 Å². The van der Waals surface area contributed by atoms with Gasteiger partial charge in [0.1, 0.15) is 17.2 Å². The molecule has 2 bridgehead atoms. The third-order valence-electron chi connectivity index (χ3n) is 6.95. The van der Waals surface area contributed by atoms with Crippen molar-refractivity contribution in [1.29, 1.82) is 0 Å². The number of nitrogens with one attached hydrogen (secondary N) is 2. The lowest BCUT2D eigenvalue weighted by molar-refractivity contribution is -0.00728. The molecule has 0 aromatic heterocycles. The molecule has 0 radical (unpaired) electrons. The second-order valence-electron chi connectivity index (χ2n) is 8.67. The lowest BCUT2D eigenvalue weighted by Crippen LogP contribution is -2.67. The Labute approximate surface area is 177 Å². The molecule has 1 amide bonds. The fraction of sp³-hybridized carbons (Fsp3) is 0.458. The number of nitrogens with zero attached hydrogens (tertiary/aromatic N) is 1. The molecule has 2 saturated heterocycles. The number of carbonyl (C=O) groups is 1. The van der Waals surface area contributed by atoms with Crippen LogP contribution in [0.15, 0.2) is 42.5 Å². The Hall–Kier alpha value is -2.73. The summed E-state index contributed by atoms with van der Waals surface area (Å²) in [6.07, 6.45) is 5.28. The standard InChI is InChI=1S/C24H29N3O3/c1-29-21-11-6-12-22(30-2)19(21)15-27-16-7-5-8-17(27)14-24(13-16)25-20-10-4-3-9-18(20)23(28)26-24/h3-4,6,9-12,16-17,25H,5,7-8,13-15H2,1-2H3,(H,26,28). The molecule has 30 heavy (non-hydrogen) atoms. The van der Waals surface area contributed by atoms with E-state index in [0.29, 0.717) is 12.1 Å². The molecule has 158 valence electrons. The highest BCUT2D eigenvalue weighted by Gasteiger charge is 2.49. The van der Waals surface area contributed by atoms with Crippen LogP contribution in [0.5, 0.6) is 11.5 Å². The maximum Gasteiger partial charge on any atom is 0.255 e. The highest BCUT2D eigenvalue weighted by molar-refractivity contribution is 6.02. The maximum absolute atomic E-state index is 12.8. The monoisotopic (exact) mass is 407 g/mol. The van der Waals surface area contributed by atoms with E-state index in [1.165, 1.54) is 6.42 Å². The van der Waals surface area contributed by atoms with Gasteiger partial charge in [0.25, 0.3) is 5.91 Å². The first-order chi connectivity index (χ1) is 14.6. The van der Waals surface area contributed by atoms with Crippen LogP contribution in [0.4, 0.5) is 5.69 Å². The summed E-state index contributed by atoms with van der Waals surface area (Å²) in [6, 6.07) is 14.5. The Morgan fingerprint density at radius 2 is 1.63 bits per heavy atom. The van der Waals surface area contributed by atoms with Gasteiger partial charge in [-0.2, -0.15) is 0 Å². The molecule has 2 unspecified atom stereocenters. The zero-order valence-electron chi connectivity index (χ0n) is 17.6. The predicted octanol–water partition coefficient (Wildman–Crippen LogP) is 3.77. The van der Waals surface area contributed by atoms with Crippen LogP contribution in [0, 0.1) is 0 Å². The van der Waals surface area contributed by atoms with Gasteiger partial charge in [-0.05, 0) is 37.1 Å². The molecule has 6 nitrogen and oxygen atoms in total. The minimum absolute atomic E-state index is 0.0299. The van der Waals surface area contributed by atoms with E-state index in [9.17, 15) is 4.79 Å². The average molecular weight is 408 g/mol. The van der Waals surface area contributed by atoms with Gasteiger partial charge in [-0.1, -0.05) is 24.6 Å². The van der Waals surface area contributed by atoms with Crippen molar-refractivity contribution in [3.63, 3.8) is 0 Å². The number of para-hydroxylation sites is 1. The molecule has 3 aliphatic heterocycles. The second-order valence-corrected chi connectivity index (χ2v) is 8.67. The summed E-state index contributed by atoms with van der Waals surface area (Å²) >= 11 is 0. The number of hydrogen-bond acceptors (Lipinski definition) is 5. The minimum Gasteiger partial charge on any atom is -0.496 e. The van der Waals surface area contributed by atoms with Crippen molar-refractivity contribution in [2.45, 2.75) is 56.4 Å². The van der Waals surface area contributed by atoms with Crippen molar-refractivity contribution in [3.8, 4) is 11.5 Å². The van der Waals surface area contributed by atoms with Crippen LogP contribution in [0.3, 0.4) is 0 Å². The van der Waals surface area contributed by atoms with E-state index < -0.39 is 0 Å². The molecule has 2 fully saturated rings. The molecule has 0 aliphatic carbocycles. The third-order valence-corrected chi connectivity index (χ3v) is 6.95. The number of rotatable bonds is 4. The fourth-order valence-corrected chi connectivity index (χ4v) is 5.64. The van der Waals surface area contributed by atoms with Crippen LogP contribution in [-0.4, -0.2) is 42.8 Å². The second kappa shape index (κ2) is 7.51. The molecule has 2 atom stereocenters. The number of methoxy groups -OCH3 is 2. The van der Waals surface area contributed by atoms with Gasteiger partial charge in [0, 0.05) is 37.2 Å². The fourth-order valence-electron chi connectivity index (χ4n) is 5.64. The molecule has 1 spiro atoms. The first-order valence-corrected chi connectivity index (χ1v) is 10.8. The topological polar surface area (TPSA) is 62.8 Å². The lowest BCUT2D eigenvalue weighted by atomic mass is 9.76. The molecule has 3 heterocycles. The zero-order chi connectivity index (χ0) is 20.7. The predicted molar refractivity (Wildman–Crippen MR) is 116 cm³/mol. The van der Waals surface area contributed by atoms with Crippen molar-refractivity contribution < 1.29 is 14.3 Å². The van der Waals surface area contributed by atoms with E-state index >= 15 is 0 Å². The third kappa shape index (κ3) is 3.19.